The molecule has 0 amide bonds. The number of halogens is 2. The zero-order chi connectivity index (χ0) is 12.3. The van der Waals surface area contributed by atoms with Crippen molar-refractivity contribution in [3.05, 3.63) is 23.9 Å². The van der Waals surface area contributed by atoms with Gasteiger partial charge in [0.25, 0.3) is 0 Å². The highest BCUT2D eigenvalue weighted by atomic mass is 32.2. The number of nitrogens with zero attached hydrogens (tertiary/aromatic N) is 1. The van der Waals surface area contributed by atoms with Crippen molar-refractivity contribution < 1.29 is 18.7 Å². The van der Waals surface area contributed by atoms with Gasteiger partial charge in [0.1, 0.15) is 16.1 Å². The molecule has 6 heteroatoms. The van der Waals surface area contributed by atoms with Crippen molar-refractivity contribution in [2.45, 2.75) is 24.1 Å². The summed E-state index contributed by atoms with van der Waals surface area (Å²) >= 11 is 0.788. The van der Waals surface area contributed by atoms with E-state index in [2.05, 4.69) is 4.98 Å². The SMILES string of the molecule is CC(C)C(Sc1ncc(F)cc1F)C(=O)O. The van der Waals surface area contributed by atoms with Gasteiger partial charge in [0.2, 0.25) is 0 Å². The normalized spacial score (nSPS) is 12.8. The van der Waals surface area contributed by atoms with Crippen LogP contribution < -0.4 is 0 Å². The Balaban J connectivity index is 2.90. The van der Waals surface area contributed by atoms with E-state index in [1.807, 2.05) is 0 Å². The third-order valence-corrected chi connectivity index (χ3v) is 3.39. The van der Waals surface area contributed by atoms with Gasteiger partial charge in [0.15, 0.2) is 5.82 Å². The summed E-state index contributed by atoms with van der Waals surface area (Å²) in [5, 5.41) is 8.01. The number of hydrogen-bond acceptors (Lipinski definition) is 3. The van der Waals surface area contributed by atoms with E-state index in [1.54, 1.807) is 13.8 Å². The number of pyridine rings is 1. The molecule has 0 saturated carbocycles. The number of aromatic nitrogens is 1. The van der Waals surface area contributed by atoms with Crippen LogP contribution in [-0.4, -0.2) is 21.3 Å². The van der Waals surface area contributed by atoms with Crippen LogP contribution in [0, 0.1) is 17.6 Å². The molecule has 1 N–H and O–H groups in total. The van der Waals surface area contributed by atoms with Gasteiger partial charge in [-0.1, -0.05) is 25.6 Å². The number of hydrogen-bond donors (Lipinski definition) is 1. The van der Waals surface area contributed by atoms with Crippen molar-refractivity contribution in [3.8, 4) is 0 Å². The molecule has 0 spiro atoms. The van der Waals surface area contributed by atoms with Gasteiger partial charge in [-0.05, 0) is 5.92 Å². The molecule has 0 saturated heterocycles. The summed E-state index contributed by atoms with van der Waals surface area (Å²) in [7, 11) is 0. The predicted octanol–water partition coefficient (Wildman–Crippen LogP) is 2.56. The van der Waals surface area contributed by atoms with Crippen LogP contribution in [0.4, 0.5) is 8.78 Å². The highest BCUT2D eigenvalue weighted by Gasteiger charge is 2.24. The van der Waals surface area contributed by atoms with Crippen LogP contribution in [0.15, 0.2) is 17.3 Å². The second-order valence-corrected chi connectivity index (χ2v) is 4.69. The van der Waals surface area contributed by atoms with E-state index in [4.69, 9.17) is 5.11 Å². The maximum Gasteiger partial charge on any atom is 0.317 e. The van der Waals surface area contributed by atoms with E-state index < -0.39 is 22.9 Å². The second kappa shape index (κ2) is 5.25. The molecule has 1 aromatic rings. The summed E-state index contributed by atoms with van der Waals surface area (Å²) in [5.74, 6) is -2.82. The largest absolute Gasteiger partial charge is 0.480 e. The molecule has 0 aliphatic rings. The molecule has 1 unspecified atom stereocenters. The van der Waals surface area contributed by atoms with Gasteiger partial charge >= 0.3 is 5.97 Å². The van der Waals surface area contributed by atoms with Gasteiger partial charge in [0.05, 0.1) is 6.20 Å². The van der Waals surface area contributed by atoms with Crippen LogP contribution in [-0.2, 0) is 4.79 Å². The first-order valence-corrected chi connectivity index (χ1v) is 5.50. The standard InChI is InChI=1S/C10H11F2NO2S/c1-5(2)8(10(14)15)16-9-7(12)3-6(11)4-13-9/h3-5,8H,1-2H3,(H,14,15). The molecule has 3 nitrogen and oxygen atoms in total. The van der Waals surface area contributed by atoms with Crippen LogP contribution in [0.2, 0.25) is 0 Å². The number of carboxylic acid groups (broad SMARTS) is 1. The van der Waals surface area contributed by atoms with Crippen molar-refractivity contribution >= 4 is 17.7 Å². The van der Waals surface area contributed by atoms with Gasteiger partial charge < -0.3 is 5.11 Å². The minimum atomic E-state index is -1.04. The summed E-state index contributed by atoms with van der Waals surface area (Å²) in [4.78, 5) is 14.4. The Morgan fingerprint density at radius 3 is 2.56 bits per heavy atom. The first-order chi connectivity index (χ1) is 7.41. The molecular weight excluding hydrogens is 236 g/mol. The van der Waals surface area contributed by atoms with Crippen LogP contribution in [0.25, 0.3) is 0 Å². The monoisotopic (exact) mass is 247 g/mol. The lowest BCUT2D eigenvalue weighted by atomic mass is 10.1. The Labute approximate surface area is 95.9 Å². The summed E-state index contributed by atoms with van der Waals surface area (Å²) in [6, 6.07) is 0.689. The van der Waals surface area contributed by atoms with Crippen LogP contribution in [0.3, 0.4) is 0 Å². The van der Waals surface area contributed by atoms with Crippen molar-refractivity contribution in [1.29, 1.82) is 0 Å². The highest BCUT2D eigenvalue weighted by molar-refractivity contribution is 8.00. The Bertz CT molecular complexity index is 398. The van der Waals surface area contributed by atoms with Crippen molar-refractivity contribution in [2.24, 2.45) is 5.92 Å². The van der Waals surface area contributed by atoms with E-state index in [-0.39, 0.29) is 10.9 Å². The van der Waals surface area contributed by atoms with E-state index in [1.165, 1.54) is 0 Å². The number of aliphatic carboxylic acids is 1. The summed E-state index contributed by atoms with van der Waals surface area (Å²) in [6.07, 6.45) is 0.866. The Morgan fingerprint density at radius 2 is 2.12 bits per heavy atom. The van der Waals surface area contributed by atoms with Crippen molar-refractivity contribution in [3.63, 3.8) is 0 Å². The average Bonchev–Trinajstić information content (AvgIpc) is 2.15. The van der Waals surface area contributed by atoms with E-state index in [9.17, 15) is 13.6 Å². The molecule has 1 atom stereocenters. The third kappa shape index (κ3) is 3.16. The molecular formula is C10H11F2NO2S. The van der Waals surface area contributed by atoms with Crippen molar-refractivity contribution in [2.75, 3.05) is 0 Å². The maximum atomic E-state index is 13.2. The van der Waals surface area contributed by atoms with Gasteiger partial charge in [-0.2, -0.15) is 0 Å². The number of carbonyl (C=O) groups is 1. The number of rotatable bonds is 4. The molecule has 0 bridgehead atoms. The third-order valence-electron chi connectivity index (χ3n) is 1.86. The zero-order valence-corrected chi connectivity index (χ0v) is 9.59. The molecule has 0 aliphatic carbocycles. The maximum absolute atomic E-state index is 13.2. The molecule has 0 aliphatic heterocycles. The first kappa shape index (κ1) is 12.9. The molecule has 0 radical (unpaired) electrons. The average molecular weight is 247 g/mol. The van der Waals surface area contributed by atoms with Crippen LogP contribution in [0.1, 0.15) is 13.8 Å². The lowest BCUT2D eigenvalue weighted by Crippen LogP contribution is -2.22. The molecule has 1 heterocycles. The van der Waals surface area contributed by atoms with Gasteiger partial charge in [-0.3, -0.25) is 4.79 Å². The minimum Gasteiger partial charge on any atom is -0.480 e. The summed E-state index contributed by atoms with van der Waals surface area (Å²) < 4.78 is 25.8. The predicted molar refractivity (Wildman–Crippen MR) is 56.3 cm³/mol. The van der Waals surface area contributed by atoms with E-state index in [0.29, 0.717) is 6.07 Å². The quantitative estimate of drug-likeness (QED) is 0.831. The molecule has 16 heavy (non-hydrogen) atoms. The fraction of sp³-hybridized carbons (Fsp3) is 0.400. The summed E-state index contributed by atoms with van der Waals surface area (Å²) in [5.41, 5.74) is 0. The highest BCUT2D eigenvalue weighted by Crippen LogP contribution is 2.28. The second-order valence-electron chi connectivity index (χ2n) is 3.56. The number of carboxylic acids is 1. The van der Waals surface area contributed by atoms with Crippen LogP contribution >= 0.6 is 11.8 Å². The van der Waals surface area contributed by atoms with Crippen LogP contribution in [0.5, 0.6) is 0 Å². The van der Waals surface area contributed by atoms with Crippen molar-refractivity contribution in [1.82, 2.24) is 4.98 Å². The summed E-state index contributed by atoms with van der Waals surface area (Å²) in [6.45, 7) is 3.43. The topological polar surface area (TPSA) is 50.2 Å². The lowest BCUT2D eigenvalue weighted by Gasteiger charge is -2.14. The Hall–Kier alpha value is -1.17. The van der Waals surface area contributed by atoms with Gasteiger partial charge in [-0.25, -0.2) is 13.8 Å². The molecule has 1 rings (SSSR count). The molecule has 0 fully saturated rings. The fourth-order valence-electron chi connectivity index (χ4n) is 1.08. The van der Waals surface area contributed by atoms with E-state index in [0.717, 1.165) is 18.0 Å². The van der Waals surface area contributed by atoms with E-state index >= 15 is 0 Å². The number of thioether (sulfide) groups is 1. The smallest absolute Gasteiger partial charge is 0.317 e. The molecule has 88 valence electrons. The molecule has 1 aromatic heterocycles. The zero-order valence-electron chi connectivity index (χ0n) is 8.78. The Kier molecular flexibility index (Phi) is 4.23. The van der Waals surface area contributed by atoms with Gasteiger partial charge in [-0.15, -0.1) is 0 Å². The lowest BCUT2D eigenvalue weighted by molar-refractivity contribution is -0.137. The Morgan fingerprint density at radius 1 is 1.50 bits per heavy atom. The minimum absolute atomic E-state index is 0.0949. The fourth-order valence-corrected chi connectivity index (χ4v) is 1.98. The molecule has 0 aromatic carbocycles. The van der Waals surface area contributed by atoms with Gasteiger partial charge in [0, 0.05) is 6.07 Å². The first-order valence-electron chi connectivity index (χ1n) is 4.62.